The standard InChI is InChI=1S/C8H17NO/c1-2-9-7-4-3-5-8(10)6-7/h7-10H,2-6H2,1H3/t7-,8+/m0/s1. The van der Waals surface area contributed by atoms with Crippen molar-refractivity contribution in [2.45, 2.75) is 44.8 Å². The van der Waals surface area contributed by atoms with E-state index in [-0.39, 0.29) is 6.10 Å². The van der Waals surface area contributed by atoms with E-state index in [1.54, 1.807) is 0 Å². The number of hydrogen-bond acceptors (Lipinski definition) is 2. The summed E-state index contributed by atoms with van der Waals surface area (Å²) in [5.74, 6) is 0. The zero-order valence-electron chi connectivity index (χ0n) is 6.64. The fourth-order valence-corrected chi connectivity index (χ4v) is 1.64. The zero-order chi connectivity index (χ0) is 7.40. The van der Waals surface area contributed by atoms with E-state index in [9.17, 15) is 5.11 Å². The van der Waals surface area contributed by atoms with Crippen molar-refractivity contribution in [2.24, 2.45) is 0 Å². The molecule has 10 heavy (non-hydrogen) atoms. The third-order valence-electron chi connectivity index (χ3n) is 2.14. The maximum Gasteiger partial charge on any atom is 0.0555 e. The van der Waals surface area contributed by atoms with E-state index < -0.39 is 0 Å². The van der Waals surface area contributed by atoms with Gasteiger partial charge in [-0.25, -0.2) is 0 Å². The molecule has 1 aliphatic carbocycles. The highest BCUT2D eigenvalue weighted by Crippen LogP contribution is 2.17. The predicted octanol–water partition coefficient (Wildman–Crippen LogP) is 0.899. The molecule has 0 spiro atoms. The monoisotopic (exact) mass is 143 g/mol. The van der Waals surface area contributed by atoms with Gasteiger partial charge < -0.3 is 10.4 Å². The molecule has 0 radical (unpaired) electrons. The molecule has 0 aliphatic heterocycles. The van der Waals surface area contributed by atoms with Gasteiger partial charge in [-0.1, -0.05) is 6.92 Å². The number of hydrogen-bond donors (Lipinski definition) is 2. The van der Waals surface area contributed by atoms with Crippen LogP contribution in [0.2, 0.25) is 0 Å². The van der Waals surface area contributed by atoms with E-state index in [1.165, 1.54) is 12.8 Å². The highest BCUT2D eigenvalue weighted by molar-refractivity contribution is 4.76. The minimum Gasteiger partial charge on any atom is -0.393 e. The molecule has 1 rings (SSSR count). The quantitative estimate of drug-likeness (QED) is 0.602. The van der Waals surface area contributed by atoms with E-state index in [0.717, 1.165) is 19.4 Å². The van der Waals surface area contributed by atoms with E-state index in [1.807, 2.05) is 0 Å². The van der Waals surface area contributed by atoms with Crippen molar-refractivity contribution in [3.8, 4) is 0 Å². The molecular weight excluding hydrogens is 126 g/mol. The van der Waals surface area contributed by atoms with Crippen LogP contribution in [0.25, 0.3) is 0 Å². The summed E-state index contributed by atoms with van der Waals surface area (Å²) in [6.07, 6.45) is 4.33. The van der Waals surface area contributed by atoms with Crippen molar-refractivity contribution >= 4 is 0 Å². The van der Waals surface area contributed by atoms with Crippen molar-refractivity contribution in [1.29, 1.82) is 0 Å². The van der Waals surface area contributed by atoms with Gasteiger partial charge in [-0.2, -0.15) is 0 Å². The molecule has 2 nitrogen and oxygen atoms in total. The Morgan fingerprint density at radius 1 is 1.50 bits per heavy atom. The van der Waals surface area contributed by atoms with Gasteiger partial charge in [-0.15, -0.1) is 0 Å². The van der Waals surface area contributed by atoms with E-state index in [2.05, 4.69) is 12.2 Å². The molecule has 1 fully saturated rings. The fraction of sp³-hybridized carbons (Fsp3) is 1.00. The molecular formula is C8H17NO. The molecule has 2 N–H and O–H groups in total. The van der Waals surface area contributed by atoms with Crippen LogP contribution >= 0.6 is 0 Å². The molecule has 2 heteroatoms. The van der Waals surface area contributed by atoms with Gasteiger partial charge in [0.1, 0.15) is 0 Å². The predicted molar refractivity (Wildman–Crippen MR) is 41.9 cm³/mol. The van der Waals surface area contributed by atoms with Crippen LogP contribution in [0.3, 0.4) is 0 Å². The van der Waals surface area contributed by atoms with E-state index >= 15 is 0 Å². The van der Waals surface area contributed by atoms with Crippen LogP contribution in [0.5, 0.6) is 0 Å². The Kier molecular flexibility index (Phi) is 3.16. The lowest BCUT2D eigenvalue weighted by Gasteiger charge is -2.26. The Labute approximate surface area is 62.6 Å². The highest BCUT2D eigenvalue weighted by Gasteiger charge is 2.18. The lowest BCUT2D eigenvalue weighted by atomic mass is 9.93. The van der Waals surface area contributed by atoms with Crippen molar-refractivity contribution < 1.29 is 5.11 Å². The highest BCUT2D eigenvalue weighted by atomic mass is 16.3. The topological polar surface area (TPSA) is 32.3 Å². The maximum absolute atomic E-state index is 9.27. The summed E-state index contributed by atoms with van der Waals surface area (Å²) in [7, 11) is 0. The van der Waals surface area contributed by atoms with Gasteiger partial charge in [0.05, 0.1) is 6.10 Å². The third kappa shape index (κ3) is 2.27. The second-order valence-electron chi connectivity index (χ2n) is 3.08. The van der Waals surface area contributed by atoms with Crippen LogP contribution in [0.4, 0.5) is 0 Å². The first-order valence-electron chi connectivity index (χ1n) is 4.24. The Morgan fingerprint density at radius 3 is 2.90 bits per heavy atom. The van der Waals surface area contributed by atoms with Gasteiger partial charge in [0.15, 0.2) is 0 Å². The summed E-state index contributed by atoms with van der Waals surface area (Å²) in [5.41, 5.74) is 0. The summed E-state index contributed by atoms with van der Waals surface area (Å²) < 4.78 is 0. The summed E-state index contributed by atoms with van der Waals surface area (Å²) in [6.45, 7) is 3.14. The second-order valence-corrected chi connectivity index (χ2v) is 3.08. The maximum atomic E-state index is 9.27. The SMILES string of the molecule is CCN[C@H]1CCC[C@@H](O)C1. The average molecular weight is 143 g/mol. The van der Waals surface area contributed by atoms with Gasteiger partial charge in [-0.05, 0) is 32.2 Å². The van der Waals surface area contributed by atoms with Crippen LogP contribution in [0.15, 0.2) is 0 Å². The minimum absolute atomic E-state index is 0.0437. The van der Waals surface area contributed by atoms with Crippen molar-refractivity contribution in [1.82, 2.24) is 5.32 Å². The Morgan fingerprint density at radius 2 is 2.30 bits per heavy atom. The molecule has 1 aliphatic rings. The first-order chi connectivity index (χ1) is 4.83. The van der Waals surface area contributed by atoms with Crippen molar-refractivity contribution in [3.63, 3.8) is 0 Å². The van der Waals surface area contributed by atoms with Gasteiger partial charge in [0.2, 0.25) is 0 Å². The summed E-state index contributed by atoms with van der Waals surface area (Å²) >= 11 is 0. The largest absolute Gasteiger partial charge is 0.393 e. The van der Waals surface area contributed by atoms with E-state index in [4.69, 9.17) is 0 Å². The number of aliphatic hydroxyl groups excluding tert-OH is 1. The first kappa shape index (κ1) is 8.02. The summed E-state index contributed by atoms with van der Waals surface area (Å²) in [4.78, 5) is 0. The number of nitrogens with one attached hydrogen (secondary N) is 1. The average Bonchev–Trinajstić information content (AvgIpc) is 1.88. The van der Waals surface area contributed by atoms with E-state index in [0.29, 0.717) is 6.04 Å². The lowest BCUT2D eigenvalue weighted by molar-refractivity contribution is 0.112. The minimum atomic E-state index is -0.0437. The normalized spacial score (nSPS) is 34.2. The van der Waals surface area contributed by atoms with Crippen LogP contribution < -0.4 is 5.32 Å². The summed E-state index contributed by atoms with van der Waals surface area (Å²) in [6, 6.07) is 0.578. The molecule has 0 aromatic heterocycles. The second kappa shape index (κ2) is 3.94. The lowest BCUT2D eigenvalue weighted by Crippen LogP contribution is -2.35. The first-order valence-corrected chi connectivity index (χ1v) is 4.24. The molecule has 0 saturated heterocycles. The smallest absolute Gasteiger partial charge is 0.0555 e. The fourth-order valence-electron chi connectivity index (χ4n) is 1.64. The molecule has 0 unspecified atom stereocenters. The number of aliphatic hydroxyl groups is 1. The van der Waals surface area contributed by atoms with Crippen LogP contribution in [-0.2, 0) is 0 Å². The van der Waals surface area contributed by atoms with Gasteiger partial charge in [-0.3, -0.25) is 0 Å². The Balaban J connectivity index is 2.18. The molecule has 2 atom stereocenters. The third-order valence-corrected chi connectivity index (χ3v) is 2.14. The van der Waals surface area contributed by atoms with Gasteiger partial charge in [0, 0.05) is 6.04 Å². The van der Waals surface area contributed by atoms with Crippen LogP contribution in [0.1, 0.15) is 32.6 Å². The zero-order valence-corrected chi connectivity index (χ0v) is 6.64. The molecule has 60 valence electrons. The van der Waals surface area contributed by atoms with Crippen LogP contribution in [0, 0.1) is 0 Å². The van der Waals surface area contributed by atoms with Gasteiger partial charge >= 0.3 is 0 Å². The summed E-state index contributed by atoms with van der Waals surface area (Å²) in [5, 5.41) is 12.6. The Hall–Kier alpha value is -0.0800. The molecule has 0 aromatic rings. The van der Waals surface area contributed by atoms with Gasteiger partial charge in [0.25, 0.3) is 0 Å². The van der Waals surface area contributed by atoms with Crippen LogP contribution in [-0.4, -0.2) is 23.8 Å². The number of rotatable bonds is 2. The molecule has 0 aromatic carbocycles. The molecule has 0 heterocycles. The Bertz CT molecular complexity index is 93.3. The van der Waals surface area contributed by atoms with Crippen molar-refractivity contribution in [2.75, 3.05) is 6.54 Å². The van der Waals surface area contributed by atoms with Crippen molar-refractivity contribution in [3.05, 3.63) is 0 Å². The molecule has 0 amide bonds. The molecule has 0 bridgehead atoms. The molecule has 1 saturated carbocycles.